The van der Waals surface area contributed by atoms with Crippen molar-refractivity contribution in [2.75, 3.05) is 6.54 Å². The summed E-state index contributed by atoms with van der Waals surface area (Å²) in [6.07, 6.45) is 1.40. The second-order valence-corrected chi connectivity index (χ2v) is 3.72. The number of aromatic carboxylic acids is 1. The van der Waals surface area contributed by atoms with Crippen LogP contribution in [0.25, 0.3) is 10.9 Å². The lowest BCUT2D eigenvalue weighted by atomic mass is 10.1. The minimum absolute atomic E-state index is 0.0381. The van der Waals surface area contributed by atoms with Gasteiger partial charge in [0.05, 0.1) is 0 Å². The fraction of sp³-hybridized carbons (Fsp3) is 0.375. The molecule has 0 aromatic carbocycles. The number of nitrogens with zero attached hydrogens (tertiary/aromatic N) is 2. The van der Waals surface area contributed by atoms with E-state index in [-0.39, 0.29) is 22.3 Å². The molecular formula is C16H23N3O4. The van der Waals surface area contributed by atoms with Crippen LogP contribution in [0.3, 0.4) is 0 Å². The Labute approximate surface area is 135 Å². The second-order valence-electron chi connectivity index (χ2n) is 3.72. The number of carboxylic acids is 1. The molecule has 3 N–H and O–H groups in total. The molecule has 0 saturated heterocycles. The van der Waals surface area contributed by atoms with Crippen molar-refractivity contribution in [3.63, 3.8) is 0 Å². The lowest BCUT2D eigenvalue weighted by Crippen LogP contribution is -2.24. The molecule has 0 atom stereocenters. The summed E-state index contributed by atoms with van der Waals surface area (Å²) in [6.45, 7) is 10.0. The van der Waals surface area contributed by atoms with E-state index in [0.29, 0.717) is 6.54 Å². The van der Waals surface area contributed by atoms with Crippen LogP contribution in [0, 0.1) is 0 Å². The molecule has 0 aliphatic carbocycles. The molecule has 2 rings (SSSR count). The van der Waals surface area contributed by atoms with Crippen molar-refractivity contribution in [1.82, 2.24) is 15.3 Å². The van der Waals surface area contributed by atoms with E-state index in [1.807, 2.05) is 27.7 Å². The molecule has 0 saturated carbocycles. The van der Waals surface area contributed by atoms with Crippen LogP contribution in [0.1, 0.15) is 55.6 Å². The van der Waals surface area contributed by atoms with Gasteiger partial charge >= 0.3 is 5.97 Å². The zero-order chi connectivity index (χ0) is 18.0. The average Bonchev–Trinajstić information content (AvgIpc) is 2.59. The molecule has 0 aliphatic heterocycles. The molecule has 23 heavy (non-hydrogen) atoms. The van der Waals surface area contributed by atoms with Gasteiger partial charge in [-0.05, 0) is 19.1 Å². The van der Waals surface area contributed by atoms with Gasteiger partial charge in [-0.1, -0.05) is 27.7 Å². The number of rotatable bonds is 3. The van der Waals surface area contributed by atoms with Gasteiger partial charge in [0.1, 0.15) is 5.52 Å². The summed E-state index contributed by atoms with van der Waals surface area (Å²) in [5, 5.41) is 21.7. The van der Waals surface area contributed by atoms with Crippen molar-refractivity contribution in [1.29, 1.82) is 0 Å². The van der Waals surface area contributed by atoms with E-state index in [1.165, 1.54) is 18.3 Å². The maximum Gasteiger partial charge on any atom is 0.355 e. The summed E-state index contributed by atoms with van der Waals surface area (Å²) in [6, 6.07) is 3.00. The quantitative estimate of drug-likeness (QED) is 0.801. The highest BCUT2D eigenvalue weighted by Gasteiger charge is 2.22. The summed E-state index contributed by atoms with van der Waals surface area (Å²) in [7, 11) is 0. The maximum absolute atomic E-state index is 11.7. The van der Waals surface area contributed by atoms with Gasteiger partial charge < -0.3 is 15.5 Å². The summed E-state index contributed by atoms with van der Waals surface area (Å²) in [5.74, 6) is -2.36. The van der Waals surface area contributed by atoms with Gasteiger partial charge in [-0.15, -0.1) is 0 Å². The normalized spacial score (nSPS) is 9.09. The molecular weight excluding hydrogens is 298 g/mol. The van der Waals surface area contributed by atoms with Crippen molar-refractivity contribution in [3.8, 4) is 5.75 Å². The van der Waals surface area contributed by atoms with Gasteiger partial charge in [-0.3, -0.25) is 9.78 Å². The van der Waals surface area contributed by atoms with E-state index >= 15 is 0 Å². The third kappa shape index (κ3) is 4.64. The Kier molecular flexibility index (Phi) is 8.91. The van der Waals surface area contributed by atoms with Crippen LogP contribution in [0.5, 0.6) is 5.75 Å². The minimum Gasteiger partial charge on any atom is -0.504 e. The van der Waals surface area contributed by atoms with E-state index in [4.69, 9.17) is 5.11 Å². The first-order valence-electron chi connectivity index (χ1n) is 7.55. The zero-order valence-electron chi connectivity index (χ0n) is 14.0. The molecule has 7 nitrogen and oxygen atoms in total. The number of pyridine rings is 2. The predicted molar refractivity (Wildman–Crippen MR) is 88.9 cm³/mol. The number of hydrogen-bond acceptors (Lipinski definition) is 5. The van der Waals surface area contributed by atoms with Crippen molar-refractivity contribution >= 4 is 22.8 Å². The number of amides is 1. The topological polar surface area (TPSA) is 112 Å². The van der Waals surface area contributed by atoms with Crippen LogP contribution in [-0.2, 0) is 0 Å². The van der Waals surface area contributed by atoms with Gasteiger partial charge in [0.15, 0.2) is 17.1 Å². The zero-order valence-corrected chi connectivity index (χ0v) is 14.0. The van der Waals surface area contributed by atoms with Crippen LogP contribution >= 0.6 is 0 Å². The molecule has 0 fully saturated rings. The van der Waals surface area contributed by atoms with Crippen LogP contribution in [0.15, 0.2) is 18.3 Å². The number of carbonyl (C=O) groups excluding carboxylic acids is 1. The molecule has 1 amide bonds. The van der Waals surface area contributed by atoms with Crippen molar-refractivity contribution in [3.05, 3.63) is 29.7 Å². The summed E-state index contributed by atoms with van der Waals surface area (Å²) >= 11 is 0. The fourth-order valence-electron chi connectivity index (χ4n) is 1.69. The van der Waals surface area contributed by atoms with Crippen LogP contribution in [0.4, 0.5) is 0 Å². The van der Waals surface area contributed by atoms with Gasteiger partial charge in [0.25, 0.3) is 5.91 Å². The number of aromatic hydroxyl groups is 1. The van der Waals surface area contributed by atoms with E-state index in [0.717, 1.165) is 0 Å². The fourth-order valence-corrected chi connectivity index (χ4v) is 1.69. The molecule has 0 aliphatic rings. The number of carboxylic acid groups (broad SMARTS) is 1. The van der Waals surface area contributed by atoms with E-state index < -0.39 is 17.6 Å². The molecule has 0 unspecified atom stereocenters. The monoisotopic (exact) mass is 321 g/mol. The Bertz CT molecular complexity index is 672. The second kappa shape index (κ2) is 10.1. The Balaban J connectivity index is 0.00000112. The summed E-state index contributed by atoms with van der Waals surface area (Å²) in [4.78, 5) is 30.5. The molecule has 2 heterocycles. The first-order valence-corrected chi connectivity index (χ1v) is 7.55. The third-order valence-electron chi connectivity index (χ3n) is 2.49. The Morgan fingerprint density at radius 1 is 1.17 bits per heavy atom. The maximum atomic E-state index is 11.7. The van der Waals surface area contributed by atoms with Crippen LogP contribution in [-0.4, -0.2) is 38.6 Å². The number of nitrogens with one attached hydrogen (secondary N) is 1. The molecule has 0 spiro atoms. The van der Waals surface area contributed by atoms with Crippen molar-refractivity contribution in [2.45, 2.75) is 34.6 Å². The highest BCUT2D eigenvalue weighted by Crippen LogP contribution is 2.27. The average molecular weight is 321 g/mol. The van der Waals surface area contributed by atoms with E-state index in [9.17, 15) is 14.7 Å². The van der Waals surface area contributed by atoms with Gasteiger partial charge in [0.2, 0.25) is 0 Å². The smallest absolute Gasteiger partial charge is 0.355 e. The van der Waals surface area contributed by atoms with Crippen LogP contribution in [0.2, 0.25) is 0 Å². The van der Waals surface area contributed by atoms with Crippen molar-refractivity contribution < 1.29 is 19.8 Å². The molecule has 0 bridgehead atoms. The lowest BCUT2D eigenvalue weighted by molar-refractivity contribution is 0.0692. The SMILES string of the molecule is CC.CC.CCNC(=O)c1nc(C(=O)O)c2cccnc2c1O. The van der Waals surface area contributed by atoms with Crippen LogP contribution < -0.4 is 5.32 Å². The summed E-state index contributed by atoms with van der Waals surface area (Å²) in [5.41, 5.74) is -0.622. The number of aromatic nitrogens is 2. The Morgan fingerprint density at radius 2 is 1.78 bits per heavy atom. The largest absolute Gasteiger partial charge is 0.504 e. The number of hydrogen-bond donors (Lipinski definition) is 3. The summed E-state index contributed by atoms with van der Waals surface area (Å²) < 4.78 is 0. The molecule has 7 heteroatoms. The molecule has 2 aromatic heterocycles. The van der Waals surface area contributed by atoms with E-state index in [1.54, 1.807) is 6.92 Å². The first-order chi connectivity index (χ1) is 11.1. The standard InChI is InChI=1S/C12H11N3O4.2C2H6/c1-2-13-11(17)9-10(16)7-6(4-3-5-14-7)8(15-9)12(18)19;2*1-2/h3-5,16H,2H2,1H3,(H,13,17)(H,18,19);2*1-2H3. The predicted octanol–water partition coefficient (Wildman–Crippen LogP) is 2.84. The van der Waals surface area contributed by atoms with Gasteiger partial charge in [-0.2, -0.15) is 0 Å². The van der Waals surface area contributed by atoms with Gasteiger partial charge in [-0.25, -0.2) is 9.78 Å². The highest BCUT2D eigenvalue weighted by atomic mass is 16.4. The molecule has 2 aromatic rings. The Morgan fingerprint density at radius 3 is 2.30 bits per heavy atom. The minimum atomic E-state index is -1.29. The number of carbonyl (C=O) groups is 2. The van der Waals surface area contributed by atoms with E-state index in [2.05, 4.69) is 15.3 Å². The lowest BCUT2D eigenvalue weighted by Gasteiger charge is -2.08. The molecule has 0 radical (unpaired) electrons. The Hall–Kier alpha value is -2.70. The molecule has 126 valence electrons. The third-order valence-corrected chi connectivity index (χ3v) is 2.49. The number of fused-ring (bicyclic) bond motifs is 1. The van der Waals surface area contributed by atoms with Crippen molar-refractivity contribution in [2.24, 2.45) is 0 Å². The highest BCUT2D eigenvalue weighted by molar-refractivity contribution is 6.07. The van der Waals surface area contributed by atoms with Gasteiger partial charge in [0, 0.05) is 18.1 Å². The first kappa shape index (κ1) is 20.3.